The van der Waals surface area contributed by atoms with Crippen LogP contribution in [0.25, 0.3) is 0 Å². The van der Waals surface area contributed by atoms with Gasteiger partial charge in [0, 0.05) is 50.1 Å². The Balaban J connectivity index is 1.99. The molecule has 1 aromatic carbocycles. The molecule has 116 valence electrons. The maximum absolute atomic E-state index is 5.50. The molecule has 1 fully saturated rings. The molecule has 21 heavy (non-hydrogen) atoms. The molecule has 1 N–H and O–H groups in total. The monoisotopic (exact) mass is 309 g/mol. The Hall–Kier alpha value is -1.53. The van der Waals surface area contributed by atoms with Gasteiger partial charge in [0.15, 0.2) is 5.11 Å². The Labute approximate surface area is 131 Å². The highest BCUT2D eigenvalue weighted by Crippen LogP contribution is 2.26. The molecular formula is C15H23N3O2S. The van der Waals surface area contributed by atoms with Crippen molar-refractivity contribution >= 4 is 23.0 Å². The Morgan fingerprint density at radius 3 is 2.14 bits per heavy atom. The standard InChI is InChI=1S/C15H23N3O2S/c1-4-17-5-7-18(8-6-17)15(21)16-12-9-13(19-2)11-14(10-12)20-3/h9-11H,4-8H2,1-3H3,(H,16,21). The van der Waals surface area contributed by atoms with Gasteiger partial charge in [0.1, 0.15) is 11.5 Å². The van der Waals surface area contributed by atoms with E-state index in [1.54, 1.807) is 14.2 Å². The van der Waals surface area contributed by atoms with E-state index in [0.29, 0.717) is 0 Å². The lowest BCUT2D eigenvalue weighted by Gasteiger charge is -2.35. The molecule has 0 bridgehead atoms. The molecule has 0 spiro atoms. The van der Waals surface area contributed by atoms with E-state index < -0.39 is 0 Å². The van der Waals surface area contributed by atoms with Gasteiger partial charge in [-0.3, -0.25) is 0 Å². The largest absolute Gasteiger partial charge is 0.497 e. The summed E-state index contributed by atoms with van der Waals surface area (Å²) in [4.78, 5) is 4.63. The van der Waals surface area contributed by atoms with Crippen LogP contribution < -0.4 is 14.8 Å². The first-order valence-electron chi connectivity index (χ1n) is 7.17. The van der Waals surface area contributed by atoms with Crippen molar-refractivity contribution in [2.45, 2.75) is 6.92 Å². The molecule has 0 aliphatic carbocycles. The predicted molar refractivity (Wildman–Crippen MR) is 89.5 cm³/mol. The summed E-state index contributed by atoms with van der Waals surface area (Å²) in [6.07, 6.45) is 0. The van der Waals surface area contributed by atoms with Crippen molar-refractivity contribution in [3.05, 3.63) is 18.2 Å². The highest BCUT2D eigenvalue weighted by atomic mass is 32.1. The maximum Gasteiger partial charge on any atom is 0.173 e. The lowest BCUT2D eigenvalue weighted by atomic mass is 10.2. The predicted octanol–water partition coefficient (Wildman–Crippen LogP) is 2.04. The molecule has 0 radical (unpaired) electrons. The van der Waals surface area contributed by atoms with E-state index in [9.17, 15) is 0 Å². The first kappa shape index (κ1) is 15.9. The molecule has 0 aromatic heterocycles. The number of hydrogen-bond donors (Lipinski definition) is 1. The van der Waals surface area contributed by atoms with Crippen LogP contribution in [0.1, 0.15) is 6.92 Å². The van der Waals surface area contributed by atoms with Gasteiger partial charge in [0.25, 0.3) is 0 Å². The van der Waals surface area contributed by atoms with Gasteiger partial charge in [0.05, 0.1) is 14.2 Å². The first-order valence-corrected chi connectivity index (χ1v) is 7.58. The Morgan fingerprint density at radius 1 is 1.10 bits per heavy atom. The van der Waals surface area contributed by atoms with Crippen molar-refractivity contribution in [2.24, 2.45) is 0 Å². The number of likely N-dealkylation sites (N-methyl/N-ethyl adjacent to an activating group) is 1. The highest BCUT2D eigenvalue weighted by Gasteiger charge is 2.18. The zero-order chi connectivity index (χ0) is 15.2. The van der Waals surface area contributed by atoms with Crippen molar-refractivity contribution in [3.63, 3.8) is 0 Å². The average molecular weight is 309 g/mol. The molecule has 1 aliphatic heterocycles. The number of thiocarbonyl (C=S) groups is 1. The third-order valence-electron chi connectivity index (χ3n) is 3.71. The fourth-order valence-electron chi connectivity index (χ4n) is 2.35. The van der Waals surface area contributed by atoms with Gasteiger partial charge >= 0.3 is 0 Å². The van der Waals surface area contributed by atoms with Crippen LogP contribution >= 0.6 is 12.2 Å². The molecule has 0 amide bonds. The smallest absolute Gasteiger partial charge is 0.173 e. The fourth-order valence-corrected chi connectivity index (χ4v) is 2.65. The second-order valence-electron chi connectivity index (χ2n) is 4.95. The van der Waals surface area contributed by atoms with Gasteiger partial charge in [-0.15, -0.1) is 0 Å². The molecule has 0 unspecified atom stereocenters. The number of benzene rings is 1. The van der Waals surface area contributed by atoms with E-state index in [1.165, 1.54) is 0 Å². The van der Waals surface area contributed by atoms with E-state index in [0.717, 1.165) is 55.0 Å². The lowest BCUT2D eigenvalue weighted by Crippen LogP contribution is -2.49. The van der Waals surface area contributed by atoms with Crippen LogP contribution in [0.15, 0.2) is 18.2 Å². The number of piperazine rings is 1. The van der Waals surface area contributed by atoms with E-state index in [2.05, 4.69) is 22.0 Å². The van der Waals surface area contributed by atoms with Gasteiger partial charge in [0.2, 0.25) is 0 Å². The van der Waals surface area contributed by atoms with Crippen LogP contribution in [0.4, 0.5) is 5.69 Å². The summed E-state index contributed by atoms with van der Waals surface area (Å²) < 4.78 is 10.5. The highest BCUT2D eigenvalue weighted by molar-refractivity contribution is 7.80. The molecule has 1 saturated heterocycles. The third-order valence-corrected chi connectivity index (χ3v) is 4.07. The summed E-state index contributed by atoms with van der Waals surface area (Å²) in [7, 11) is 3.28. The van der Waals surface area contributed by atoms with Crippen LogP contribution in [-0.4, -0.2) is 61.9 Å². The van der Waals surface area contributed by atoms with E-state index in [-0.39, 0.29) is 0 Å². The molecule has 5 nitrogen and oxygen atoms in total. The molecule has 0 saturated carbocycles. The summed E-state index contributed by atoms with van der Waals surface area (Å²) in [5.41, 5.74) is 0.883. The second kappa shape index (κ2) is 7.47. The van der Waals surface area contributed by atoms with E-state index in [1.807, 2.05) is 18.2 Å². The zero-order valence-electron chi connectivity index (χ0n) is 12.9. The molecule has 1 aliphatic rings. The van der Waals surface area contributed by atoms with E-state index in [4.69, 9.17) is 21.7 Å². The van der Waals surface area contributed by atoms with Crippen molar-refractivity contribution in [1.29, 1.82) is 0 Å². The minimum absolute atomic E-state index is 0.746. The molecule has 0 atom stereocenters. The van der Waals surface area contributed by atoms with Gasteiger partial charge in [-0.2, -0.15) is 0 Å². The van der Waals surface area contributed by atoms with Crippen molar-refractivity contribution in [2.75, 3.05) is 52.3 Å². The summed E-state index contributed by atoms with van der Waals surface area (Å²) in [6, 6.07) is 5.67. The molecule has 1 aromatic rings. The quantitative estimate of drug-likeness (QED) is 0.858. The molecule has 6 heteroatoms. The summed E-state index contributed by atoms with van der Waals surface area (Å²) in [5.74, 6) is 1.49. The third kappa shape index (κ3) is 4.22. The molecule has 1 heterocycles. The summed E-state index contributed by atoms with van der Waals surface area (Å²) >= 11 is 5.50. The van der Waals surface area contributed by atoms with Crippen LogP contribution in [0.3, 0.4) is 0 Å². The normalized spacial score (nSPS) is 15.7. The number of nitrogens with one attached hydrogen (secondary N) is 1. The number of ether oxygens (including phenoxy) is 2. The zero-order valence-corrected chi connectivity index (χ0v) is 13.7. The SMILES string of the molecule is CCN1CCN(C(=S)Nc2cc(OC)cc(OC)c2)CC1. The number of hydrogen-bond acceptors (Lipinski definition) is 4. The second-order valence-corrected chi connectivity index (χ2v) is 5.34. The topological polar surface area (TPSA) is 37.0 Å². The minimum atomic E-state index is 0.746. The van der Waals surface area contributed by atoms with Crippen LogP contribution in [0.5, 0.6) is 11.5 Å². The maximum atomic E-state index is 5.50. The number of rotatable bonds is 4. The molecular weight excluding hydrogens is 286 g/mol. The summed E-state index contributed by atoms with van der Waals surface area (Å²) in [5, 5.41) is 4.02. The van der Waals surface area contributed by atoms with Crippen LogP contribution in [0.2, 0.25) is 0 Å². The van der Waals surface area contributed by atoms with Crippen molar-refractivity contribution < 1.29 is 9.47 Å². The van der Waals surface area contributed by atoms with Gasteiger partial charge < -0.3 is 24.6 Å². The Kier molecular flexibility index (Phi) is 5.64. The van der Waals surface area contributed by atoms with E-state index >= 15 is 0 Å². The summed E-state index contributed by atoms with van der Waals surface area (Å²) in [6.45, 7) is 7.32. The number of nitrogens with zero attached hydrogens (tertiary/aromatic N) is 2. The average Bonchev–Trinajstić information content (AvgIpc) is 2.54. The van der Waals surface area contributed by atoms with Crippen LogP contribution in [-0.2, 0) is 0 Å². The fraction of sp³-hybridized carbons (Fsp3) is 0.533. The van der Waals surface area contributed by atoms with Crippen molar-refractivity contribution in [3.8, 4) is 11.5 Å². The number of methoxy groups -OCH3 is 2. The van der Waals surface area contributed by atoms with Crippen molar-refractivity contribution in [1.82, 2.24) is 9.80 Å². The van der Waals surface area contributed by atoms with Crippen LogP contribution in [0, 0.1) is 0 Å². The Bertz CT molecular complexity index is 466. The van der Waals surface area contributed by atoms with Gasteiger partial charge in [-0.1, -0.05) is 6.92 Å². The number of anilines is 1. The van der Waals surface area contributed by atoms with Gasteiger partial charge in [-0.05, 0) is 18.8 Å². The molecule has 2 rings (SSSR count). The van der Waals surface area contributed by atoms with Gasteiger partial charge in [-0.25, -0.2) is 0 Å². The lowest BCUT2D eigenvalue weighted by molar-refractivity contribution is 0.191. The first-order chi connectivity index (χ1) is 10.2. The minimum Gasteiger partial charge on any atom is -0.497 e. The Morgan fingerprint density at radius 2 is 1.67 bits per heavy atom.